The molecule has 1 heterocycles. The minimum Gasteiger partial charge on any atom is -0.373 e. The maximum atomic E-state index is 5.82. The van der Waals surface area contributed by atoms with E-state index in [4.69, 9.17) is 10.5 Å². The molecule has 16 heavy (non-hydrogen) atoms. The van der Waals surface area contributed by atoms with Gasteiger partial charge in [0.25, 0.3) is 0 Å². The minimum atomic E-state index is -0.0548. The smallest absolute Gasteiger partial charge is 0.157 e. The zero-order chi connectivity index (χ0) is 12.3. The summed E-state index contributed by atoms with van der Waals surface area (Å²) in [4.78, 5) is 8.81. The summed E-state index contributed by atoms with van der Waals surface area (Å²) >= 11 is 0. The maximum Gasteiger partial charge on any atom is 0.157 e. The molecule has 0 fully saturated rings. The topological polar surface area (TPSA) is 61.0 Å². The number of aromatic nitrogens is 2. The van der Waals surface area contributed by atoms with Crippen molar-refractivity contribution < 1.29 is 4.74 Å². The van der Waals surface area contributed by atoms with Gasteiger partial charge in [-0.1, -0.05) is 13.8 Å². The van der Waals surface area contributed by atoms with Gasteiger partial charge in [0.2, 0.25) is 0 Å². The van der Waals surface area contributed by atoms with Gasteiger partial charge >= 0.3 is 0 Å². The standard InChI is InChI=1S/C12H21N3O/c1-7(2)11(16-5)12-14-6-10(8(3)13)9(4)15-12/h6-8,11H,13H2,1-5H3/t8-,11?/m1/s1. The summed E-state index contributed by atoms with van der Waals surface area (Å²) in [6.45, 7) is 8.07. The van der Waals surface area contributed by atoms with Gasteiger partial charge in [0, 0.05) is 30.6 Å². The molecule has 1 unspecified atom stereocenters. The maximum absolute atomic E-state index is 5.82. The predicted molar refractivity (Wildman–Crippen MR) is 64.0 cm³/mol. The van der Waals surface area contributed by atoms with Crippen molar-refractivity contribution >= 4 is 0 Å². The first kappa shape index (κ1) is 13.1. The normalized spacial score (nSPS) is 15.2. The predicted octanol–water partition coefficient (Wildman–Crippen LogP) is 2.15. The minimum absolute atomic E-state index is 0.0332. The second-order valence-electron chi connectivity index (χ2n) is 4.46. The quantitative estimate of drug-likeness (QED) is 0.849. The van der Waals surface area contributed by atoms with Crippen LogP contribution in [0.2, 0.25) is 0 Å². The third kappa shape index (κ3) is 2.77. The number of methoxy groups -OCH3 is 1. The van der Waals surface area contributed by atoms with Gasteiger partial charge in [0.15, 0.2) is 5.82 Å². The third-order valence-corrected chi connectivity index (χ3v) is 2.64. The molecule has 0 radical (unpaired) electrons. The highest BCUT2D eigenvalue weighted by molar-refractivity contribution is 5.20. The van der Waals surface area contributed by atoms with Crippen LogP contribution in [-0.2, 0) is 4.74 Å². The van der Waals surface area contributed by atoms with Gasteiger partial charge in [-0.3, -0.25) is 0 Å². The zero-order valence-electron chi connectivity index (χ0n) is 10.7. The van der Waals surface area contributed by atoms with Gasteiger partial charge in [-0.05, 0) is 19.8 Å². The first-order valence-corrected chi connectivity index (χ1v) is 5.59. The van der Waals surface area contributed by atoms with E-state index in [-0.39, 0.29) is 12.1 Å². The van der Waals surface area contributed by atoms with Crippen molar-refractivity contribution in [2.75, 3.05) is 7.11 Å². The molecule has 0 aliphatic rings. The average Bonchev–Trinajstić information content (AvgIpc) is 2.17. The fourth-order valence-corrected chi connectivity index (χ4v) is 1.75. The molecule has 4 nitrogen and oxygen atoms in total. The molecule has 0 aliphatic carbocycles. The molecule has 4 heteroatoms. The van der Waals surface area contributed by atoms with Crippen molar-refractivity contribution in [3.05, 3.63) is 23.3 Å². The summed E-state index contributed by atoms with van der Waals surface area (Å²) in [6, 6.07) is -0.0332. The monoisotopic (exact) mass is 223 g/mol. The summed E-state index contributed by atoms with van der Waals surface area (Å²) in [5.74, 6) is 1.09. The lowest BCUT2D eigenvalue weighted by molar-refractivity contribution is 0.0572. The van der Waals surface area contributed by atoms with Crippen LogP contribution in [-0.4, -0.2) is 17.1 Å². The van der Waals surface area contributed by atoms with Gasteiger partial charge in [0.1, 0.15) is 6.10 Å². The Hall–Kier alpha value is -1.00. The Bertz CT molecular complexity index is 350. The number of hydrogen-bond donors (Lipinski definition) is 1. The summed E-state index contributed by atoms with van der Waals surface area (Å²) in [5, 5.41) is 0. The number of hydrogen-bond acceptors (Lipinski definition) is 4. The number of ether oxygens (including phenoxy) is 1. The van der Waals surface area contributed by atoms with Gasteiger partial charge in [-0.25, -0.2) is 9.97 Å². The summed E-state index contributed by atoms with van der Waals surface area (Å²) in [7, 11) is 1.68. The van der Waals surface area contributed by atoms with Crippen LogP contribution in [0.5, 0.6) is 0 Å². The van der Waals surface area contributed by atoms with Gasteiger partial charge in [-0.2, -0.15) is 0 Å². The Morgan fingerprint density at radius 1 is 1.31 bits per heavy atom. The third-order valence-electron chi connectivity index (χ3n) is 2.64. The van der Waals surface area contributed by atoms with Gasteiger partial charge in [0.05, 0.1) is 0 Å². The van der Waals surface area contributed by atoms with E-state index >= 15 is 0 Å². The van der Waals surface area contributed by atoms with Gasteiger partial charge < -0.3 is 10.5 Å². The van der Waals surface area contributed by atoms with Crippen molar-refractivity contribution in [1.82, 2.24) is 9.97 Å². The summed E-state index contributed by atoms with van der Waals surface area (Å²) in [5.41, 5.74) is 7.74. The second-order valence-corrected chi connectivity index (χ2v) is 4.46. The second kappa shape index (κ2) is 5.37. The largest absolute Gasteiger partial charge is 0.373 e. The highest BCUT2D eigenvalue weighted by atomic mass is 16.5. The lowest BCUT2D eigenvalue weighted by atomic mass is 10.1. The van der Waals surface area contributed by atoms with Crippen LogP contribution in [0, 0.1) is 12.8 Å². The van der Waals surface area contributed by atoms with Crippen molar-refractivity contribution in [3.8, 4) is 0 Å². The first-order chi connectivity index (χ1) is 7.47. The highest BCUT2D eigenvalue weighted by Gasteiger charge is 2.19. The fourth-order valence-electron chi connectivity index (χ4n) is 1.75. The lowest BCUT2D eigenvalue weighted by Gasteiger charge is -2.19. The Labute approximate surface area is 97.2 Å². The first-order valence-electron chi connectivity index (χ1n) is 5.59. The molecular formula is C12H21N3O. The number of aryl methyl sites for hydroxylation is 1. The van der Waals surface area contributed by atoms with Gasteiger partial charge in [-0.15, -0.1) is 0 Å². The molecule has 1 aromatic rings. The van der Waals surface area contributed by atoms with E-state index in [0.29, 0.717) is 5.92 Å². The summed E-state index contributed by atoms with van der Waals surface area (Å²) < 4.78 is 5.40. The molecule has 2 atom stereocenters. The molecule has 90 valence electrons. The van der Waals surface area contributed by atoms with E-state index in [1.807, 2.05) is 13.8 Å². The van der Waals surface area contributed by atoms with E-state index in [2.05, 4.69) is 23.8 Å². The Morgan fingerprint density at radius 3 is 2.31 bits per heavy atom. The van der Waals surface area contributed by atoms with Crippen LogP contribution < -0.4 is 5.73 Å². The molecule has 1 rings (SSSR count). The lowest BCUT2D eigenvalue weighted by Crippen LogP contribution is -2.16. The fraction of sp³-hybridized carbons (Fsp3) is 0.667. The SMILES string of the molecule is COC(c1ncc([C@@H](C)N)c(C)n1)C(C)C. The molecule has 0 bridgehead atoms. The highest BCUT2D eigenvalue weighted by Crippen LogP contribution is 2.23. The Balaban J connectivity index is 3.04. The molecule has 0 aromatic carbocycles. The number of nitrogens with two attached hydrogens (primary N) is 1. The van der Waals surface area contributed by atoms with E-state index in [1.54, 1.807) is 13.3 Å². The molecular weight excluding hydrogens is 202 g/mol. The molecule has 1 aromatic heterocycles. The van der Waals surface area contributed by atoms with E-state index in [0.717, 1.165) is 17.1 Å². The number of nitrogens with zero attached hydrogens (tertiary/aromatic N) is 2. The van der Waals surface area contributed by atoms with Crippen molar-refractivity contribution in [2.45, 2.75) is 39.8 Å². The molecule has 0 amide bonds. The van der Waals surface area contributed by atoms with Crippen molar-refractivity contribution in [2.24, 2.45) is 11.7 Å². The zero-order valence-corrected chi connectivity index (χ0v) is 10.7. The van der Waals surface area contributed by atoms with E-state index < -0.39 is 0 Å². The van der Waals surface area contributed by atoms with Crippen LogP contribution in [0.4, 0.5) is 0 Å². The van der Waals surface area contributed by atoms with E-state index in [1.165, 1.54) is 0 Å². The van der Waals surface area contributed by atoms with Crippen LogP contribution in [0.25, 0.3) is 0 Å². The molecule has 0 saturated carbocycles. The van der Waals surface area contributed by atoms with Crippen molar-refractivity contribution in [3.63, 3.8) is 0 Å². The molecule has 0 saturated heterocycles. The van der Waals surface area contributed by atoms with Crippen LogP contribution in [0.15, 0.2) is 6.20 Å². The molecule has 2 N–H and O–H groups in total. The average molecular weight is 223 g/mol. The Kier molecular flexibility index (Phi) is 4.38. The van der Waals surface area contributed by atoms with Crippen LogP contribution in [0.3, 0.4) is 0 Å². The van der Waals surface area contributed by atoms with Crippen molar-refractivity contribution in [1.29, 1.82) is 0 Å². The molecule has 0 spiro atoms. The number of rotatable bonds is 4. The van der Waals surface area contributed by atoms with E-state index in [9.17, 15) is 0 Å². The van der Waals surface area contributed by atoms with Crippen LogP contribution in [0.1, 0.15) is 50.0 Å². The van der Waals surface area contributed by atoms with Crippen LogP contribution >= 0.6 is 0 Å². The Morgan fingerprint density at radius 2 is 1.94 bits per heavy atom. The molecule has 0 aliphatic heterocycles. The summed E-state index contributed by atoms with van der Waals surface area (Å²) in [6.07, 6.45) is 1.75.